The number of rotatable bonds is 3. The summed E-state index contributed by atoms with van der Waals surface area (Å²) in [5.74, 6) is 1.73. The van der Waals surface area contributed by atoms with Crippen molar-refractivity contribution in [1.29, 1.82) is 0 Å². The van der Waals surface area contributed by atoms with Crippen molar-refractivity contribution in [2.75, 3.05) is 12.4 Å². The van der Waals surface area contributed by atoms with Crippen LogP contribution in [0.1, 0.15) is 5.56 Å². The Bertz CT molecular complexity index is 531. The number of nitrogens with zero attached hydrogens (tertiary/aromatic N) is 2. The summed E-state index contributed by atoms with van der Waals surface area (Å²) in [7, 11) is 1.78. The van der Waals surface area contributed by atoms with Crippen LogP contribution in [0, 0.1) is 6.92 Å². The maximum Gasteiger partial charge on any atom is 0.224 e. The summed E-state index contributed by atoms with van der Waals surface area (Å²) in [6, 6.07) is 7.30. The fourth-order valence-corrected chi connectivity index (χ4v) is 1.61. The maximum absolute atomic E-state index is 6.07. The zero-order valence-corrected chi connectivity index (χ0v) is 10.3. The molecule has 0 atom stereocenters. The third-order valence-electron chi connectivity index (χ3n) is 2.20. The van der Waals surface area contributed by atoms with Crippen LogP contribution in [0.4, 0.5) is 5.82 Å². The summed E-state index contributed by atoms with van der Waals surface area (Å²) in [5.41, 5.74) is 1.08. The van der Waals surface area contributed by atoms with Crippen LogP contribution in [-0.4, -0.2) is 17.0 Å². The second kappa shape index (κ2) is 5.01. The number of aryl methyl sites for hydroxylation is 1. The largest absolute Gasteiger partial charge is 0.437 e. The molecule has 0 aliphatic carbocycles. The van der Waals surface area contributed by atoms with E-state index in [0.29, 0.717) is 22.5 Å². The van der Waals surface area contributed by atoms with Gasteiger partial charge in [0.2, 0.25) is 5.88 Å². The van der Waals surface area contributed by atoms with Crippen LogP contribution < -0.4 is 10.1 Å². The second-order valence-electron chi connectivity index (χ2n) is 3.53. The van der Waals surface area contributed by atoms with Gasteiger partial charge in [-0.2, -0.15) is 0 Å². The molecule has 0 bridgehead atoms. The lowest BCUT2D eigenvalue weighted by Crippen LogP contribution is -1.95. The molecule has 4 nitrogen and oxygen atoms in total. The van der Waals surface area contributed by atoms with E-state index in [0.717, 1.165) is 5.56 Å². The Morgan fingerprint density at radius 1 is 1.24 bits per heavy atom. The molecular weight excluding hydrogens is 238 g/mol. The average Bonchev–Trinajstić information content (AvgIpc) is 2.33. The van der Waals surface area contributed by atoms with Crippen molar-refractivity contribution in [2.24, 2.45) is 0 Å². The minimum absolute atomic E-state index is 0.454. The third-order valence-corrected chi connectivity index (χ3v) is 2.50. The van der Waals surface area contributed by atoms with Crippen molar-refractivity contribution in [3.8, 4) is 11.6 Å². The van der Waals surface area contributed by atoms with Crippen molar-refractivity contribution >= 4 is 17.4 Å². The molecule has 88 valence electrons. The third kappa shape index (κ3) is 2.85. The molecule has 0 aliphatic rings. The second-order valence-corrected chi connectivity index (χ2v) is 3.93. The van der Waals surface area contributed by atoms with E-state index in [1.165, 1.54) is 6.33 Å². The average molecular weight is 250 g/mol. The zero-order valence-electron chi connectivity index (χ0n) is 9.57. The minimum atomic E-state index is 0.454. The number of ether oxygens (including phenoxy) is 1. The first kappa shape index (κ1) is 11.7. The topological polar surface area (TPSA) is 47.0 Å². The highest BCUT2D eigenvalue weighted by atomic mass is 35.5. The van der Waals surface area contributed by atoms with Crippen LogP contribution >= 0.6 is 11.6 Å². The first-order valence-electron chi connectivity index (χ1n) is 5.13. The molecule has 2 rings (SSSR count). The number of anilines is 1. The highest BCUT2D eigenvalue weighted by Gasteiger charge is 2.05. The van der Waals surface area contributed by atoms with Crippen LogP contribution in [0.3, 0.4) is 0 Å². The van der Waals surface area contributed by atoms with E-state index >= 15 is 0 Å². The van der Waals surface area contributed by atoms with Crippen molar-refractivity contribution < 1.29 is 4.74 Å². The summed E-state index contributed by atoms with van der Waals surface area (Å²) in [6.45, 7) is 1.97. The van der Waals surface area contributed by atoms with Crippen molar-refractivity contribution in [1.82, 2.24) is 9.97 Å². The fourth-order valence-electron chi connectivity index (χ4n) is 1.33. The molecule has 0 saturated carbocycles. The number of hydrogen-bond acceptors (Lipinski definition) is 4. The molecular formula is C12H12ClN3O. The first-order chi connectivity index (χ1) is 8.19. The van der Waals surface area contributed by atoms with Crippen molar-refractivity contribution in [3.63, 3.8) is 0 Å². The van der Waals surface area contributed by atoms with E-state index < -0.39 is 0 Å². The van der Waals surface area contributed by atoms with Crippen LogP contribution in [0.5, 0.6) is 11.6 Å². The molecule has 2 aromatic rings. The van der Waals surface area contributed by atoms with E-state index in [1.807, 2.05) is 25.1 Å². The standard InChI is InChI=1S/C12H12ClN3O/c1-8-3-4-10(9(13)5-8)17-12-6-11(14-2)15-7-16-12/h3-7H,1-2H3,(H,14,15,16). The van der Waals surface area contributed by atoms with E-state index in [9.17, 15) is 0 Å². The smallest absolute Gasteiger partial charge is 0.224 e. The number of benzene rings is 1. The quantitative estimate of drug-likeness (QED) is 0.907. The predicted octanol–water partition coefficient (Wildman–Crippen LogP) is 3.27. The molecule has 1 N–H and O–H groups in total. The molecule has 5 heteroatoms. The Kier molecular flexibility index (Phi) is 3.44. The monoisotopic (exact) mass is 249 g/mol. The summed E-state index contributed by atoms with van der Waals surface area (Å²) in [5, 5.41) is 3.48. The molecule has 0 spiro atoms. The van der Waals surface area contributed by atoms with Crippen molar-refractivity contribution in [2.45, 2.75) is 6.92 Å². The van der Waals surface area contributed by atoms with Gasteiger partial charge in [-0.25, -0.2) is 9.97 Å². The van der Waals surface area contributed by atoms with Gasteiger partial charge in [-0.15, -0.1) is 0 Å². The summed E-state index contributed by atoms with van der Waals surface area (Å²) in [4.78, 5) is 8.02. The molecule has 1 heterocycles. The van der Waals surface area contributed by atoms with Gasteiger partial charge in [0, 0.05) is 13.1 Å². The lowest BCUT2D eigenvalue weighted by molar-refractivity contribution is 0.462. The zero-order chi connectivity index (χ0) is 12.3. The Hall–Kier alpha value is -1.81. The van der Waals surface area contributed by atoms with Crippen LogP contribution in [0.15, 0.2) is 30.6 Å². The van der Waals surface area contributed by atoms with Gasteiger partial charge in [-0.3, -0.25) is 0 Å². The normalized spacial score (nSPS) is 10.1. The summed E-state index contributed by atoms with van der Waals surface area (Å²) in [6.07, 6.45) is 1.43. The Morgan fingerprint density at radius 3 is 2.76 bits per heavy atom. The van der Waals surface area contributed by atoms with Crippen molar-refractivity contribution in [3.05, 3.63) is 41.2 Å². The lowest BCUT2D eigenvalue weighted by atomic mass is 10.2. The summed E-state index contributed by atoms with van der Waals surface area (Å²) < 4.78 is 5.58. The maximum atomic E-state index is 6.07. The molecule has 1 aromatic heterocycles. The number of hydrogen-bond donors (Lipinski definition) is 1. The Balaban J connectivity index is 2.25. The summed E-state index contributed by atoms with van der Waals surface area (Å²) >= 11 is 6.07. The lowest BCUT2D eigenvalue weighted by Gasteiger charge is -2.07. The van der Waals surface area contributed by atoms with Crippen LogP contribution in [-0.2, 0) is 0 Å². The predicted molar refractivity (Wildman–Crippen MR) is 67.8 cm³/mol. The van der Waals surface area contributed by atoms with E-state index in [-0.39, 0.29) is 0 Å². The van der Waals surface area contributed by atoms with Gasteiger partial charge in [0.15, 0.2) is 0 Å². The van der Waals surface area contributed by atoms with Gasteiger partial charge in [0.25, 0.3) is 0 Å². The molecule has 0 unspecified atom stereocenters. The number of aromatic nitrogens is 2. The number of halogens is 1. The van der Waals surface area contributed by atoms with E-state index in [1.54, 1.807) is 13.1 Å². The molecule has 0 amide bonds. The van der Waals surface area contributed by atoms with Crippen LogP contribution in [0.2, 0.25) is 5.02 Å². The Labute approximate surface area is 105 Å². The van der Waals surface area contributed by atoms with E-state index in [4.69, 9.17) is 16.3 Å². The minimum Gasteiger partial charge on any atom is -0.437 e. The molecule has 0 radical (unpaired) electrons. The van der Waals surface area contributed by atoms with Gasteiger partial charge in [-0.1, -0.05) is 17.7 Å². The molecule has 0 fully saturated rings. The molecule has 17 heavy (non-hydrogen) atoms. The van der Waals surface area contributed by atoms with Crippen LogP contribution in [0.25, 0.3) is 0 Å². The van der Waals surface area contributed by atoms with Gasteiger partial charge in [0.1, 0.15) is 17.9 Å². The first-order valence-corrected chi connectivity index (χ1v) is 5.50. The molecule has 0 aliphatic heterocycles. The van der Waals surface area contributed by atoms with Gasteiger partial charge in [-0.05, 0) is 24.6 Å². The SMILES string of the molecule is CNc1cc(Oc2ccc(C)cc2Cl)ncn1. The molecule has 1 aromatic carbocycles. The fraction of sp³-hybridized carbons (Fsp3) is 0.167. The van der Waals surface area contributed by atoms with Gasteiger partial charge < -0.3 is 10.1 Å². The number of nitrogens with one attached hydrogen (secondary N) is 1. The van der Waals surface area contributed by atoms with Gasteiger partial charge in [0.05, 0.1) is 5.02 Å². The highest BCUT2D eigenvalue weighted by molar-refractivity contribution is 6.32. The Morgan fingerprint density at radius 2 is 2.06 bits per heavy atom. The van der Waals surface area contributed by atoms with E-state index in [2.05, 4.69) is 15.3 Å². The molecule has 0 saturated heterocycles. The van der Waals surface area contributed by atoms with Gasteiger partial charge >= 0.3 is 0 Å². The highest BCUT2D eigenvalue weighted by Crippen LogP contribution is 2.29.